The molecule has 1 aliphatic heterocycles. The van der Waals surface area contributed by atoms with Crippen LogP contribution in [0.25, 0.3) is 11.0 Å². The summed E-state index contributed by atoms with van der Waals surface area (Å²) in [5, 5.41) is 15.4. The second kappa shape index (κ2) is 5.62. The third-order valence-electron chi connectivity index (χ3n) is 5.49. The van der Waals surface area contributed by atoms with Crippen molar-refractivity contribution < 1.29 is 9.52 Å². The molecule has 1 aliphatic carbocycles. The summed E-state index contributed by atoms with van der Waals surface area (Å²) in [6.07, 6.45) is 6.20. The minimum atomic E-state index is -0.663. The van der Waals surface area contributed by atoms with Gasteiger partial charge in [-0.3, -0.25) is 4.79 Å². The number of piperidine rings is 1. The number of hydrogen-bond acceptors (Lipinski definition) is 4. The molecule has 1 saturated carbocycles. The van der Waals surface area contributed by atoms with Gasteiger partial charge in [0.05, 0.1) is 22.8 Å². The van der Waals surface area contributed by atoms with Crippen LogP contribution >= 0.6 is 11.6 Å². The Hall–Kier alpha value is -1.36. The predicted molar refractivity (Wildman–Crippen MR) is 89.8 cm³/mol. The van der Waals surface area contributed by atoms with Crippen LogP contribution < -0.4 is 10.7 Å². The first-order chi connectivity index (χ1) is 11.1. The lowest BCUT2D eigenvalue weighted by Gasteiger charge is -2.48. The van der Waals surface area contributed by atoms with E-state index in [-0.39, 0.29) is 17.4 Å². The van der Waals surface area contributed by atoms with Gasteiger partial charge < -0.3 is 14.8 Å². The first-order valence-corrected chi connectivity index (χ1v) is 8.63. The Morgan fingerprint density at radius 2 is 2.17 bits per heavy atom. The summed E-state index contributed by atoms with van der Waals surface area (Å²) in [5.74, 6) is 0.0598. The fraction of sp³-hybridized carbons (Fsp3) is 0.500. The Bertz CT molecular complexity index is 798. The molecule has 0 unspecified atom stereocenters. The average Bonchev–Trinajstić information content (AvgIpc) is 2.55. The number of fused-ring (bicyclic) bond motifs is 2. The van der Waals surface area contributed by atoms with Gasteiger partial charge in [-0.15, -0.1) is 0 Å². The number of nitrogens with one attached hydrogen (secondary N) is 1. The van der Waals surface area contributed by atoms with Crippen molar-refractivity contribution >= 4 is 22.6 Å². The second-order valence-electron chi connectivity index (χ2n) is 6.80. The van der Waals surface area contributed by atoms with Crippen molar-refractivity contribution in [1.82, 2.24) is 5.32 Å². The van der Waals surface area contributed by atoms with E-state index in [9.17, 15) is 9.90 Å². The fourth-order valence-corrected chi connectivity index (χ4v) is 4.45. The molecular weight excluding hydrogens is 314 g/mol. The van der Waals surface area contributed by atoms with E-state index >= 15 is 0 Å². The molecule has 1 aromatic carbocycles. The maximum absolute atomic E-state index is 12.9. The molecule has 5 heteroatoms. The molecule has 2 N–H and O–H groups in total. The van der Waals surface area contributed by atoms with E-state index < -0.39 is 5.60 Å². The molecule has 3 atom stereocenters. The minimum absolute atomic E-state index is 0.0546. The standard InChI is InChI=1S/C18H20ClNO3/c19-11-4-5-15-12(9-11)17(21)13(10-23-15)16-14-3-1-2-6-18(14,22)7-8-20-16/h4-5,9-10,14,16,20,22H,1-3,6-8H2/t14-,16-,18-/m0/s1. The minimum Gasteiger partial charge on any atom is -0.464 e. The molecule has 0 spiro atoms. The lowest BCUT2D eigenvalue weighted by molar-refractivity contribution is -0.0864. The molecule has 2 fully saturated rings. The third-order valence-corrected chi connectivity index (χ3v) is 5.72. The zero-order chi connectivity index (χ0) is 16.0. The molecule has 4 rings (SSSR count). The van der Waals surface area contributed by atoms with E-state index in [1.165, 1.54) is 0 Å². The Kier molecular flexibility index (Phi) is 3.71. The Morgan fingerprint density at radius 3 is 3.04 bits per heavy atom. The number of rotatable bonds is 1. The highest BCUT2D eigenvalue weighted by molar-refractivity contribution is 6.31. The normalized spacial score (nSPS) is 31.0. The number of benzene rings is 1. The van der Waals surface area contributed by atoms with Gasteiger partial charge in [-0.05, 0) is 44.0 Å². The van der Waals surface area contributed by atoms with Crippen molar-refractivity contribution in [3.8, 4) is 0 Å². The maximum Gasteiger partial charge on any atom is 0.197 e. The maximum atomic E-state index is 12.9. The van der Waals surface area contributed by atoms with Crippen molar-refractivity contribution in [3.63, 3.8) is 0 Å². The highest BCUT2D eigenvalue weighted by Crippen LogP contribution is 2.45. The summed E-state index contributed by atoms with van der Waals surface area (Å²) >= 11 is 6.03. The zero-order valence-electron chi connectivity index (χ0n) is 12.8. The van der Waals surface area contributed by atoms with Gasteiger partial charge in [0.2, 0.25) is 0 Å². The smallest absolute Gasteiger partial charge is 0.197 e. The largest absolute Gasteiger partial charge is 0.464 e. The molecule has 2 aromatic rings. The zero-order valence-corrected chi connectivity index (χ0v) is 13.6. The van der Waals surface area contributed by atoms with Gasteiger partial charge in [0, 0.05) is 17.0 Å². The van der Waals surface area contributed by atoms with E-state index in [0.717, 1.165) is 32.1 Å². The molecule has 2 aliphatic rings. The van der Waals surface area contributed by atoms with E-state index in [1.807, 2.05) is 0 Å². The van der Waals surface area contributed by atoms with Gasteiger partial charge in [-0.1, -0.05) is 24.4 Å². The van der Waals surface area contributed by atoms with Gasteiger partial charge in [0.25, 0.3) is 0 Å². The molecule has 0 bridgehead atoms. The predicted octanol–water partition coefficient (Wildman–Crippen LogP) is 3.40. The summed E-state index contributed by atoms with van der Waals surface area (Å²) in [6, 6.07) is 4.93. The molecule has 1 aromatic heterocycles. The molecular formula is C18H20ClNO3. The Morgan fingerprint density at radius 1 is 1.30 bits per heavy atom. The van der Waals surface area contributed by atoms with Crippen LogP contribution in [0, 0.1) is 5.92 Å². The quantitative estimate of drug-likeness (QED) is 0.839. The van der Waals surface area contributed by atoms with Crippen LogP contribution in [-0.4, -0.2) is 17.3 Å². The van der Waals surface area contributed by atoms with Crippen LogP contribution in [0.5, 0.6) is 0 Å². The molecule has 0 amide bonds. The van der Waals surface area contributed by atoms with E-state index in [0.29, 0.717) is 28.1 Å². The third kappa shape index (κ3) is 2.49. The Labute approximate surface area is 139 Å². The highest BCUT2D eigenvalue weighted by Gasteiger charge is 2.46. The van der Waals surface area contributed by atoms with Crippen LogP contribution in [0.4, 0.5) is 0 Å². The van der Waals surface area contributed by atoms with Crippen LogP contribution in [-0.2, 0) is 0 Å². The van der Waals surface area contributed by atoms with E-state index in [2.05, 4.69) is 5.32 Å². The second-order valence-corrected chi connectivity index (χ2v) is 7.23. The summed E-state index contributed by atoms with van der Waals surface area (Å²) in [5.41, 5.74) is 0.424. The molecule has 1 saturated heterocycles. The van der Waals surface area contributed by atoms with Crippen molar-refractivity contribution in [2.45, 2.75) is 43.7 Å². The van der Waals surface area contributed by atoms with Crippen molar-refractivity contribution in [2.75, 3.05) is 6.54 Å². The van der Waals surface area contributed by atoms with Gasteiger partial charge in [0.1, 0.15) is 5.58 Å². The topological polar surface area (TPSA) is 62.5 Å². The first kappa shape index (κ1) is 15.2. The molecule has 0 radical (unpaired) electrons. The SMILES string of the molecule is O=c1c([C@@H]2NCC[C@@]3(O)CCCC[C@@H]23)coc2ccc(Cl)cc12. The fourth-order valence-electron chi connectivity index (χ4n) is 4.28. The van der Waals surface area contributed by atoms with Crippen LogP contribution in [0.3, 0.4) is 0 Å². The number of halogens is 1. The summed E-state index contributed by atoms with van der Waals surface area (Å²) in [7, 11) is 0. The van der Waals surface area contributed by atoms with Gasteiger partial charge in [-0.2, -0.15) is 0 Å². The van der Waals surface area contributed by atoms with Crippen LogP contribution in [0.1, 0.15) is 43.7 Å². The summed E-state index contributed by atoms with van der Waals surface area (Å²) in [4.78, 5) is 12.9. The lowest BCUT2D eigenvalue weighted by atomic mass is 9.67. The van der Waals surface area contributed by atoms with Gasteiger partial charge >= 0.3 is 0 Å². The summed E-state index contributed by atoms with van der Waals surface area (Å²) < 4.78 is 5.66. The number of aliphatic hydroxyl groups is 1. The van der Waals surface area contributed by atoms with Crippen molar-refractivity contribution in [2.24, 2.45) is 5.92 Å². The lowest BCUT2D eigenvalue weighted by Crippen LogP contribution is -2.54. The molecule has 122 valence electrons. The average molecular weight is 334 g/mol. The molecule has 2 heterocycles. The van der Waals surface area contributed by atoms with E-state index in [4.69, 9.17) is 16.0 Å². The van der Waals surface area contributed by atoms with Gasteiger partial charge in [0.15, 0.2) is 5.43 Å². The van der Waals surface area contributed by atoms with Crippen molar-refractivity contribution in [3.05, 3.63) is 45.3 Å². The summed E-state index contributed by atoms with van der Waals surface area (Å²) in [6.45, 7) is 0.713. The molecule has 23 heavy (non-hydrogen) atoms. The highest BCUT2D eigenvalue weighted by atomic mass is 35.5. The first-order valence-electron chi connectivity index (χ1n) is 8.25. The van der Waals surface area contributed by atoms with Gasteiger partial charge in [-0.25, -0.2) is 0 Å². The van der Waals surface area contributed by atoms with Crippen LogP contribution in [0.15, 0.2) is 33.7 Å². The Balaban J connectivity index is 1.82. The van der Waals surface area contributed by atoms with Crippen LogP contribution in [0.2, 0.25) is 5.02 Å². The van der Waals surface area contributed by atoms with Crippen molar-refractivity contribution in [1.29, 1.82) is 0 Å². The monoisotopic (exact) mass is 333 g/mol. The molecule has 4 nitrogen and oxygen atoms in total. The number of hydrogen-bond donors (Lipinski definition) is 2. The van der Waals surface area contributed by atoms with E-state index in [1.54, 1.807) is 24.5 Å².